The Hall–Kier alpha value is -1.58. The normalized spacial score (nSPS) is 11.5. The summed E-state index contributed by atoms with van der Waals surface area (Å²) in [5.74, 6) is 0.821. The number of halogens is 2. The molecular formula is C20H18Cl2N4OS3. The summed E-state index contributed by atoms with van der Waals surface area (Å²) < 4.78 is 1.63. The smallest absolute Gasteiger partial charge is 0.250 e. The first-order valence-corrected chi connectivity index (χ1v) is 12.4. The highest BCUT2D eigenvalue weighted by molar-refractivity contribution is 8.03. The fourth-order valence-electron chi connectivity index (χ4n) is 2.23. The van der Waals surface area contributed by atoms with E-state index >= 15 is 0 Å². The van der Waals surface area contributed by atoms with Gasteiger partial charge in [-0.15, -0.1) is 10.2 Å². The summed E-state index contributed by atoms with van der Waals surface area (Å²) in [6.45, 7) is 3.86. The number of nitrogens with zero attached hydrogens (tertiary/aromatic N) is 3. The predicted octanol–water partition coefficient (Wildman–Crippen LogP) is 6.08. The van der Waals surface area contributed by atoms with E-state index in [0.29, 0.717) is 15.8 Å². The average molecular weight is 497 g/mol. The van der Waals surface area contributed by atoms with Crippen molar-refractivity contribution in [3.05, 3.63) is 69.2 Å². The minimum atomic E-state index is -0.219. The number of hydrazone groups is 1. The standard InChI is InChI=1S/C20H18Cl2N4OS3/c1-12-3-5-14(6-4-12)10-28-19-25-26-20(30-19)29-11-18(27)24-23-13(2)15-7-8-16(21)17(22)9-15/h3-9H,10-11H2,1-2H3,(H,24,27)/b23-13+. The molecule has 1 amide bonds. The van der Waals surface area contributed by atoms with Gasteiger partial charge in [0.25, 0.3) is 5.91 Å². The maximum Gasteiger partial charge on any atom is 0.250 e. The molecule has 3 aromatic rings. The van der Waals surface area contributed by atoms with Crippen LogP contribution in [0.3, 0.4) is 0 Å². The molecule has 30 heavy (non-hydrogen) atoms. The van der Waals surface area contributed by atoms with Crippen molar-refractivity contribution in [3.63, 3.8) is 0 Å². The number of carbonyl (C=O) groups is 1. The third-order valence-corrected chi connectivity index (χ3v) is 7.88. The number of thioether (sulfide) groups is 2. The van der Waals surface area contributed by atoms with Crippen molar-refractivity contribution in [1.29, 1.82) is 0 Å². The van der Waals surface area contributed by atoms with Crippen molar-refractivity contribution < 1.29 is 4.79 Å². The van der Waals surface area contributed by atoms with Gasteiger partial charge in [-0.25, -0.2) is 5.43 Å². The molecule has 1 aromatic heterocycles. The van der Waals surface area contributed by atoms with Gasteiger partial charge >= 0.3 is 0 Å². The van der Waals surface area contributed by atoms with Crippen LogP contribution in [0, 0.1) is 6.92 Å². The van der Waals surface area contributed by atoms with Crippen molar-refractivity contribution in [1.82, 2.24) is 15.6 Å². The van der Waals surface area contributed by atoms with Crippen LogP contribution in [0.15, 0.2) is 56.2 Å². The van der Waals surface area contributed by atoms with E-state index < -0.39 is 0 Å². The van der Waals surface area contributed by atoms with Gasteiger partial charge in [0.05, 0.1) is 21.5 Å². The fraction of sp³-hybridized carbons (Fsp3) is 0.200. The van der Waals surface area contributed by atoms with Crippen molar-refractivity contribution in [2.24, 2.45) is 5.10 Å². The van der Waals surface area contributed by atoms with Crippen molar-refractivity contribution in [2.75, 3.05) is 5.75 Å². The Morgan fingerprint density at radius 2 is 1.77 bits per heavy atom. The molecule has 0 bridgehead atoms. The monoisotopic (exact) mass is 496 g/mol. The molecule has 0 saturated carbocycles. The van der Waals surface area contributed by atoms with Gasteiger partial charge < -0.3 is 0 Å². The van der Waals surface area contributed by atoms with E-state index in [-0.39, 0.29) is 11.7 Å². The van der Waals surface area contributed by atoms with Gasteiger partial charge in [-0.3, -0.25) is 4.79 Å². The SMILES string of the molecule is C/C(=N\NC(=O)CSc1nnc(SCc2ccc(C)cc2)s1)c1ccc(Cl)c(Cl)c1. The van der Waals surface area contributed by atoms with Gasteiger partial charge in [-0.1, -0.05) is 94.0 Å². The van der Waals surface area contributed by atoms with Gasteiger partial charge in [-0.2, -0.15) is 5.10 Å². The number of hydrogen-bond acceptors (Lipinski definition) is 7. The molecule has 1 heterocycles. The summed E-state index contributed by atoms with van der Waals surface area (Å²) >= 11 is 16.4. The van der Waals surface area contributed by atoms with E-state index in [9.17, 15) is 4.79 Å². The third kappa shape index (κ3) is 6.99. The van der Waals surface area contributed by atoms with Crippen LogP contribution in [-0.2, 0) is 10.5 Å². The number of hydrogen-bond donors (Lipinski definition) is 1. The Bertz CT molecular complexity index is 1050. The highest BCUT2D eigenvalue weighted by Gasteiger charge is 2.09. The summed E-state index contributed by atoms with van der Waals surface area (Å²) in [5, 5.41) is 13.4. The van der Waals surface area contributed by atoms with Crippen LogP contribution in [0.5, 0.6) is 0 Å². The second-order valence-corrected chi connectivity index (χ2v) is 10.5. The Morgan fingerprint density at radius 3 is 2.47 bits per heavy atom. The van der Waals surface area contributed by atoms with Gasteiger partial charge in [-0.05, 0) is 37.1 Å². The molecule has 0 saturated heterocycles. The van der Waals surface area contributed by atoms with Gasteiger partial charge in [0, 0.05) is 5.75 Å². The Morgan fingerprint density at radius 1 is 1.07 bits per heavy atom. The van der Waals surface area contributed by atoms with Gasteiger partial charge in [0.2, 0.25) is 0 Å². The topological polar surface area (TPSA) is 67.2 Å². The van der Waals surface area contributed by atoms with E-state index in [0.717, 1.165) is 20.0 Å². The van der Waals surface area contributed by atoms with Gasteiger partial charge in [0.1, 0.15) is 0 Å². The molecule has 5 nitrogen and oxygen atoms in total. The summed E-state index contributed by atoms with van der Waals surface area (Å²) in [6, 6.07) is 13.6. The molecule has 0 radical (unpaired) electrons. The molecule has 0 aliphatic carbocycles. The number of amides is 1. The average Bonchev–Trinajstić information content (AvgIpc) is 3.20. The second-order valence-electron chi connectivity index (χ2n) is 6.26. The Labute approximate surface area is 197 Å². The molecule has 3 rings (SSSR count). The number of carbonyl (C=O) groups excluding carboxylic acids is 1. The van der Waals surface area contributed by atoms with Crippen LogP contribution in [0.1, 0.15) is 23.6 Å². The van der Waals surface area contributed by atoms with Crippen LogP contribution >= 0.6 is 58.1 Å². The summed E-state index contributed by atoms with van der Waals surface area (Å²) in [6.07, 6.45) is 0. The lowest BCUT2D eigenvalue weighted by Gasteiger charge is -2.04. The number of aromatic nitrogens is 2. The maximum absolute atomic E-state index is 12.1. The lowest BCUT2D eigenvalue weighted by molar-refractivity contribution is -0.118. The maximum atomic E-state index is 12.1. The zero-order valence-corrected chi connectivity index (χ0v) is 20.1. The summed E-state index contributed by atoms with van der Waals surface area (Å²) in [4.78, 5) is 12.1. The quantitative estimate of drug-likeness (QED) is 0.232. The highest BCUT2D eigenvalue weighted by Crippen LogP contribution is 2.30. The minimum Gasteiger partial charge on any atom is -0.272 e. The lowest BCUT2D eigenvalue weighted by Crippen LogP contribution is -2.21. The highest BCUT2D eigenvalue weighted by atomic mass is 35.5. The number of benzene rings is 2. The largest absolute Gasteiger partial charge is 0.272 e. The van der Waals surface area contributed by atoms with E-state index in [1.54, 1.807) is 36.9 Å². The van der Waals surface area contributed by atoms with Crippen molar-refractivity contribution in [3.8, 4) is 0 Å². The van der Waals surface area contributed by atoms with Crippen LogP contribution < -0.4 is 5.43 Å². The molecule has 0 fully saturated rings. The minimum absolute atomic E-state index is 0.204. The second kappa shape index (κ2) is 11.2. The van der Waals surface area contributed by atoms with Crippen LogP contribution in [-0.4, -0.2) is 27.6 Å². The third-order valence-electron chi connectivity index (χ3n) is 3.88. The van der Waals surface area contributed by atoms with Crippen LogP contribution in [0.4, 0.5) is 0 Å². The molecule has 0 atom stereocenters. The van der Waals surface area contributed by atoms with Crippen molar-refractivity contribution >= 4 is 69.7 Å². The molecular weight excluding hydrogens is 479 g/mol. The van der Waals surface area contributed by atoms with E-state index in [2.05, 4.69) is 51.9 Å². The Balaban J connectivity index is 1.45. The first-order chi connectivity index (χ1) is 14.4. The van der Waals surface area contributed by atoms with E-state index in [4.69, 9.17) is 23.2 Å². The van der Waals surface area contributed by atoms with Gasteiger partial charge in [0.15, 0.2) is 8.68 Å². The predicted molar refractivity (Wildman–Crippen MR) is 128 cm³/mol. The fourth-order valence-corrected chi connectivity index (χ4v) is 5.30. The summed E-state index contributed by atoms with van der Waals surface area (Å²) in [7, 11) is 0. The molecule has 0 aliphatic rings. The van der Waals surface area contributed by atoms with Crippen molar-refractivity contribution in [2.45, 2.75) is 28.3 Å². The van der Waals surface area contributed by atoms with Crippen LogP contribution in [0.2, 0.25) is 10.0 Å². The number of nitrogens with one attached hydrogen (secondary N) is 1. The molecule has 1 N–H and O–H groups in total. The molecule has 2 aromatic carbocycles. The first kappa shape index (κ1) is 23.1. The van der Waals surface area contributed by atoms with E-state index in [1.807, 2.05) is 0 Å². The first-order valence-electron chi connectivity index (χ1n) is 8.84. The van der Waals surface area contributed by atoms with Crippen LogP contribution in [0.25, 0.3) is 0 Å². The zero-order valence-electron chi connectivity index (χ0n) is 16.2. The number of aryl methyl sites for hydroxylation is 1. The summed E-state index contributed by atoms with van der Waals surface area (Å²) in [5.41, 5.74) is 6.46. The zero-order chi connectivity index (χ0) is 21.5. The lowest BCUT2D eigenvalue weighted by atomic mass is 10.1. The molecule has 0 spiro atoms. The number of rotatable bonds is 8. The molecule has 0 unspecified atom stereocenters. The Kier molecular flexibility index (Phi) is 8.59. The molecule has 10 heteroatoms. The van der Waals surface area contributed by atoms with E-state index in [1.165, 1.54) is 34.2 Å². The molecule has 156 valence electrons. The molecule has 0 aliphatic heterocycles.